The summed E-state index contributed by atoms with van der Waals surface area (Å²) in [6.45, 7) is 8.47. The van der Waals surface area contributed by atoms with E-state index in [0.29, 0.717) is 43.0 Å². The van der Waals surface area contributed by atoms with E-state index >= 15 is 0 Å². The molecule has 1 N–H and O–H groups in total. The van der Waals surface area contributed by atoms with Crippen LogP contribution in [0.5, 0.6) is 0 Å². The van der Waals surface area contributed by atoms with E-state index in [2.05, 4.69) is 4.98 Å². The van der Waals surface area contributed by atoms with Crippen molar-refractivity contribution in [1.82, 2.24) is 19.5 Å². The number of nitrogens with zero attached hydrogens (tertiary/aromatic N) is 3. The zero-order valence-electron chi connectivity index (χ0n) is 20.0. The number of rotatable bonds is 4. The maximum Gasteiger partial charge on any atom is 0.410 e. The number of likely N-dealkylation sites (tertiary alicyclic amines) is 1. The van der Waals surface area contributed by atoms with Crippen LogP contribution in [-0.4, -0.2) is 56.9 Å². The highest BCUT2D eigenvalue weighted by Crippen LogP contribution is 2.31. The van der Waals surface area contributed by atoms with Gasteiger partial charge in [-0.3, -0.25) is 4.79 Å². The topological polar surface area (TPSA) is 106 Å². The standard InChI is InChI=1S/C25H30N4O5/c1-5-33-23(31)20-21(17-9-7-6-8-10-17)27-29-18(15-19(30)26-22(20)29)16-11-13-28(14-12-16)24(32)34-25(2,3)4/h6-10,15-16H,5,11-14H2,1-4H3,(H,26,30). The Morgan fingerprint density at radius 3 is 2.44 bits per heavy atom. The molecule has 34 heavy (non-hydrogen) atoms. The first-order valence-corrected chi connectivity index (χ1v) is 11.5. The second-order valence-electron chi connectivity index (χ2n) is 9.37. The number of fused-ring (bicyclic) bond motifs is 1. The molecule has 0 unspecified atom stereocenters. The molecule has 4 rings (SSSR count). The number of carbonyl (C=O) groups excluding carboxylic acids is 2. The number of amides is 1. The van der Waals surface area contributed by atoms with Crippen LogP contribution in [-0.2, 0) is 9.47 Å². The van der Waals surface area contributed by atoms with E-state index in [1.807, 2.05) is 51.1 Å². The lowest BCUT2D eigenvalue weighted by atomic mass is 9.93. The van der Waals surface area contributed by atoms with Crippen LogP contribution >= 0.6 is 0 Å². The molecule has 1 amide bonds. The minimum atomic E-state index is -0.556. The van der Waals surface area contributed by atoms with Crippen LogP contribution in [0.2, 0.25) is 0 Å². The van der Waals surface area contributed by atoms with Gasteiger partial charge in [0.15, 0.2) is 5.65 Å². The molecule has 1 fully saturated rings. The van der Waals surface area contributed by atoms with Gasteiger partial charge in [0, 0.05) is 30.6 Å². The van der Waals surface area contributed by atoms with E-state index in [4.69, 9.17) is 14.6 Å². The molecular formula is C25H30N4O5. The van der Waals surface area contributed by atoms with Crippen LogP contribution in [0.4, 0.5) is 4.79 Å². The Balaban J connectivity index is 1.72. The lowest BCUT2D eigenvalue weighted by Crippen LogP contribution is -2.41. The Morgan fingerprint density at radius 1 is 1.15 bits per heavy atom. The van der Waals surface area contributed by atoms with Gasteiger partial charge in [-0.05, 0) is 40.5 Å². The van der Waals surface area contributed by atoms with E-state index in [0.717, 1.165) is 5.56 Å². The number of benzene rings is 1. The summed E-state index contributed by atoms with van der Waals surface area (Å²) in [6, 6.07) is 10.9. The van der Waals surface area contributed by atoms with Crippen molar-refractivity contribution in [1.29, 1.82) is 0 Å². The van der Waals surface area contributed by atoms with E-state index in [1.165, 1.54) is 6.07 Å². The number of esters is 1. The SMILES string of the molecule is CCOC(=O)c1c(-c2ccccc2)nn2c(C3CCN(C(=O)OC(C)(C)C)CC3)cc(=O)[nH]c12. The summed E-state index contributed by atoms with van der Waals surface area (Å²) in [5.74, 6) is -0.550. The van der Waals surface area contributed by atoms with Gasteiger partial charge in [0.1, 0.15) is 16.9 Å². The smallest absolute Gasteiger partial charge is 0.410 e. The molecule has 0 spiro atoms. The normalized spacial score (nSPS) is 14.9. The second kappa shape index (κ2) is 9.32. The Bertz CT molecular complexity index is 1250. The van der Waals surface area contributed by atoms with Gasteiger partial charge < -0.3 is 19.4 Å². The van der Waals surface area contributed by atoms with Crippen molar-refractivity contribution < 1.29 is 19.1 Å². The minimum absolute atomic E-state index is 0.0120. The zero-order valence-corrected chi connectivity index (χ0v) is 20.0. The lowest BCUT2D eigenvalue weighted by molar-refractivity contribution is 0.0203. The summed E-state index contributed by atoms with van der Waals surface area (Å²) in [7, 11) is 0. The minimum Gasteiger partial charge on any atom is -0.462 e. The molecule has 0 radical (unpaired) electrons. The Labute approximate surface area is 197 Å². The number of hydrogen-bond acceptors (Lipinski definition) is 6. The molecule has 1 saturated heterocycles. The predicted molar refractivity (Wildman–Crippen MR) is 127 cm³/mol. The Kier molecular flexibility index (Phi) is 6.45. The molecule has 0 saturated carbocycles. The van der Waals surface area contributed by atoms with Crippen molar-refractivity contribution in [2.45, 2.75) is 52.1 Å². The quantitative estimate of drug-likeness (QED) is 0.583. The van der Waals surface area contributed by atoms with Crippen LogP contribution in [0.3, 0.4) is 0 Å². The third kappa shape index (κ3) is 4.83. The number of carbonyl (C=O) groups is 2. The predicted octanol–water partition coefficient (Wildman–Crippen LogP) is 3.98. The Hall–Kier alpha value is -3.62. The van der Waals surface area contributed by atoms with Gasteiger partial charge in [-0.15, -0.1) is 0 Å². The van der Waals surface area contributed by atoms with E-state index < -0.39 is 11.6 Å². The number of H-pyrrole nitrogens is 1. The highest BCUT2D eigenvalue weighted by molar-refractivity contribution is 6.02. The van der Waals surface area contributed by atoms with Gasteiger partial charge in [-0.2, -0.15) is 5.10 Å². The summed E-state index contributed by atoms with van der Waals surface area (Å²) >= 11 is 0. The number of ether oxygens (including phenoxy) is 2. The highest BCUT2D eigenvalue weighted by Gasteiger charge is 2.31. The molecule has 3 heterocycles. The molecule has 0 atom stereocenters. The van der Waals surface area contributed by atoms with Crippen LogP contribution in [0, 0.1) is 0 Å². The molecule has 1 aliphatic rings. The zero-order chi connectivity index (χ0) is 24.5. The molecule has 180 valence electrons. The molecular weight excluding hydrogens is 436 g/mol. The number of hydrogen-bond donors (Lipinski definition) is 1. The van der Waals surface area contributed by atoms with Crippen molar-refractivity contribution >= 4 is 17.7 Å². The summed E-state index contributed by atoms with van der Waals surface area (Å²) in [5, 5.41) is 4.75. The van der Waals surface area contributed by atoms with E-state index in [-0.39, 0.29) is 29.7 Å². The first-order valence-electron chi connectivity index (χ1n) is 11.5. The second-order valence-corrected chi connectivity index (χ2v) is 9.37. The molecule has 9 nitrogen and oxygen atoms in total. The first-order chi connectivity index (χ1) is 16.2. The van der Waals surface area contributed by atoms with E-state index in [9.17, 15) is 14.4 Å². The van der Waals surface area contributed by atoms with Crippen LogP contribution in [0.15, 0.2) is 41.2 Å². The summed E-state index contributed by atoms with van der Waals surface area (Å²) in [4.78, 5) is 42.4. The van der Waals surface area contributed by atoms with Crippen molar-refractivity contribution in [3.05, 3.63) is 58.0 Å². The van der Waals surface area contributed by atoms with Gasteiger partial charge >= 0.3 is 12.1 Å². The van der Waals surface area contributed by atoms with Gasteiger partial charge in [0.25, 0.3) is 5.56 Å². The van der Waals surface area contributed by atoms with Crippen molar-refractivity contribution in [2.24, 2.45) is 0 Å². The van der Waals surface area contributed by atoms with Gasteiger partial charge in [0.05, 0.1) is 12.3 Å². The third-order valence-corrected chi connectivity index (χ3v) is 5.74. The fourth-order valence-corrected chi connectivity index (χ4v) is 4.24. The van der Waals surface area contributed by atoms with Crippen LogP contribution in [0.1, 0.15) is 62.5 Å². The Morgan fingerprint density at radius 2 is 1.82 bits per heavy atom. The van der Waals surface area contributed by atoms with E-state index in [1.54, 1.807) is 16.3 Å². The maximum atomic E-state index is 12.9. The average Bonchev–Trinajstić information content (AvgIpc) is 3.17. The molecule has 1 aromatic carbocycles. The van der Waals surface area contributed by atoms with Crippen molar-refractivity contribution in [3.8, 4) is 11.3 Å². The number of aromatic nitrogens is 3. The van der Waals surface area contributed by atoms with Gasteiger partial charge in [-0.25, -0.2) is 14.1 Å². The van der Waals surface area contributed by atoms with Gasteiger partial charge in [-0.1, -0.05) is 30.3 Å². The van der Waals surface area contributed by atoms with Crippen molar-refractivity contribution in [3.63, 3.8) is 0 Å². The monoisotopic (exact) mass is 466 g/mol. The number of aromatic amines is 1. The number of piperidine rings is 1. The highest BCUT2D eigenvalue weighted by atomic mass is 16.6. The maximum absolute atomic E-state index is 12.9. The fourth-order valence-electron chi connectivity index (χ4n) is 4.24. The average molecular weight is 467 g/mol. The van der Waals surface area contributed by atoms with Crippen LogP contribution < -0.4 is 5.56 Å². The molecule has 3 aromatic rings. The van der Waals surface area contributed by atoms with Crippen LogP contribution in [0.25, 0.3) is 16.9 Å². The molecule has 2 aromatic heterocycles. The molecule has 1 aliphatic heterocycles. The largest absolute Gasteiger partial charge is 0.462 e. The molecule has 0 bridgehead atoms. The number of nitrogens with one attached hydrogen (secondary N) is 1. The summed E-state index contributed by atoms with van der Waals surface area (Å²) < 4.78 is 12.4. The molecule has 9 heteroatoms. The molecule has 0 aliphatic carbocycles. The van der Waals surface area contributed by atoms with Gasteiger partial charge in [0.2, 0.25) is 0 Å². The summed E-state index contributed by atoms with van der Waals surface area (Å²) in [5.41, 5.74) is 1.58. The summed E-state index contributed by atoms with van der Waals surface area (Å²) in [6.07, 6.45) is 0.956. The third-order valence-electron chi connectivity index (χ3n) is 5.74. The lowest BCUT2D eigenvalue weighted by Gasteiger charge is -2.33. The van der Waals surface area contributed by atoms with Crippen molar-refractivity contribution in [2.75, 3.05) is 19.7 Å². The fraction of sp³-hybridized carbons (Fsp3) is 0.440. The first kappa shape index (κ1) is 23.5.